The van der Waals surface area contributed by atoms with E-state index in [-0.39, 0.29) is 17.7 Å². The largest absolute Gasteiger partial charge is 0.383 e. The molecule has 3 rings (SSSR count). The second-order valence-electron chi connectivity index (χ2n) is 7.09. The molecule has 2 aliphatic heterocycles. The van der Waals surface area contributed by atoms with Crippen LogP contribution in [-0.2, 0) is 9.53 Å². The number of thiophene rings is 1. The average molecular weight is 380 g/mol. The Labute approximate surface area is 159 Å². The van der Waals surface area contributed by atoms with Gasteiger partial charge in [-0.05, 0) is 50.2 Å². The second-order valence-corrected chi connectivity index (χ2v) is 8.04. The van der Waals surface area contributed by atoms with Crippen LogP contribution in [-0.4, -0.2) is 74.1 Å². The minimum absolute atomic E-state index is 0.128. The monoisotopic (exact) mass is 379 g/mol. The fourth-order valence-corrected chi connectivity index (χ4v) is 4.63. The molecule has 0 bridgehead atoms. The first-order valence-corrected chi connectivity index (χ1v) is 10.4. The van der Waals surface area contributed by atoms with Crippen LogP contribution in [0.4, 0.5) is 0 Å². The van der Waals surface area contributed by atoms with Gasteiger partial charge in [0.15, 0.2) is 0 Å². The molecule has 0 radical (unpaired) electrons. The van der Waals surface area contributed by atoms with Crippen LogP contribution in [0.2, 0.25) is 0 Å². The van der Waals surface area contributed by atoms with Gasteiger partial charge >= 0.3 is 0 Å². The summed E-state index contributed by atoms with van der Waals surface area (Å²) >= 11 is 1.52. The molecule has 0 aromatic carbocycles. The third-order valence-electron chi connectivity index (χ3n) is 5.51. The van der Waals surface area contributed by atoms with Crippen molar-refractivity contribution in [3.63, 3.8) is 0 Å². The molecule has 0 spiro atoms. The molecule has 2 aliphatic rings. The van der Waals surface area contributed by atoms with Crippen LogP contribution in [0.5, 0.6) is 0 Å². The lowest BCUT2D eigenvalue weighted by atomic mass is 9.92. The third-order valence-corrected chi connectivity index (χ3v) is 6.36. The summed E-state index contributed by atoms with van der Waals surface area (Å²) in [5.74, 6) is 0.464. The van der Waals surface area contributed by atoms with Gasteiger partial charge in [0, 0.05) is 38.7 Å². The van der Waals surface area contributed by atoms with Crippen LogP contribution in [0.3, 0.4) is 0 Å². The van der Waals surface area contributed by atoms with E-state index in [1.165, 1.54) is 11.3 Å². The highest BCUT2D eigenvalue weighted by Crippen LogP contribution is 2.25. The Balaban J connectivity index is 1.39. The fraction of sp³-hybridized carbons (Fsp3) is 0.684. The number of methoxy groups -OCH3 is 1. The second kappa shape index (κ2) is 9.48. The van der Waals surface area contributed by atoms with Crippen molar-refractivity contribution in [2.75, 3.05) is 46.4 Å². The van der Waals surface area contributed by atoms with E-state index in [1.54, 1.807) is 7.11 Å². The zero-order valence-electron chi connectivity index (χ0n) is 15.5. The highest BCUT2D eigenvalue weighted by atomic mass is 32.1. The van der Waals surface area contributed by atoms with Gasteiger partial charge in [0.2, 0.25) is 5.91 Å². The lowest BCUT2D eigenvalue weighted by molar-refractivity contribution is -0.126. The summed E-state index contributed by atoms with van der Waals surface area (Å²) in [6, 6.07) is 4.38. The van der Waals surface area contributed by atoms with E-state index in [0.717, 1.165) is 56.7 Å². The Bertz CT molecular complexity index is 577. The van der Waals surface area contributed by atoms with Crippen molar-refractivity contribution in [3.05, 3.63) is 22.4 Å². The summed E-state index contributed by atoms with van der Waals surface area (Å²) in [5, 5.41) is 4.91. The number of likely N-dealkylation sites (tertiary alicyclic amines) is 2. The molecular formula is C19H29N3O3S. The van der Waals surface area contributed by atoms with E-state index < -0.39 is 0 Å². The number of nitrogens with one attached hydrogen (secondary N) is 1. The van der Waals surface area contributed by atoms with E-state index in [2.05, 4.69) is 10.2 Å². The number of carbonyl (C=O) groups is 2. The van der Waals surface area contributed by atoms with Gasteiger partial charge in [-0.1, -0.05) is 6.07 Å². The molecule has 2 amide bonds. The van der Waals surface area contributed by atoms with Gasteiger partial charge < -0.3 is 19.9 Å². The molecule has 144 valence electrons. The van der Waals surface area contributed by atoms with Crippen LogP contribution in [0.1, 0.15) is 35.4 Å². The summed E-state index contributed by atoms with van der Waals surface area (Å²) in [6.07, 6.45) is 3.91. The van der Waals surface area contributed by atoms with Crippen LogP contribution in [0.25, 0.3) is 0 Å². The molecule has 2 saturated heterocycles. The van der Waals surface area contributed by atoms with Gasteiger partial charge in [-0.2, -0.15) is 0 Å². The molecule has 0 atom stereocenters. The van der Waals surface area contributed by atoms with Crippen LogP contribution >= 0.6 is 11.3 Å². The molecule has 3 heterocycles. The molecule has 1 N–H and O–H groups in total. The van der Waals surface area contributed by atoms with Crippen molar-refractivity contribution in [2.24, 2.45) is 5.92 Å². The van der Waals surface area contributed by atoms with Gasteiger partial charge in [-0.3, -0.25) is 9.59 Å². The molecule has 26 heavy (non-hydrogen) atoms. The van der Waals surface area contributed by atoms with Crippen molar-refractivity contribution in [1.29, 1.82) is 0 Å². The molecule has 1 aromatic heterocycles. The Morgan fingerprint density at radius 1 is 1.19 bits per heavy atom. The maximum atomic E-state index is 12.4. The summed E-state index contributed by atoms with van der Waals surface area (Å²) in [5.41, 5.74) is 0. The molecule has 0 aliphatic carbocycles. The number of carbonyl (C=O) groups excluding carboxylic acids is 2. The minimum atomic E-state index is 0.128. The highest BCUT2D eigenvalue weighted by Gasteiger charge is 2.31. The summed E-state index contributed by atoms with van der Waals surface area (Å²) in [7, 11) is 1.64. The lowest BCUT2D eigenvalue weighted by Gasteiger charge is -2.41. The van der Waals surface area contributed by atoms with Crippen LogP contribution < -0.4 is 5.32 Å². The Morgan fingerprint density at radius 2 is 1.92 bits per heavy atom. The van der Waals surface area contributed by atoms with E-state index in [9.17, 15) is 9.59 Å². The topological polar surface area (TPSA) is 61.9 Å². The highest BCUT2D eigenvalue weighted by molar-refractivity contribution is 7.12. The summed E-state index contributed by atoms with van der Waals surface area (Å²) in [4.78, 5) is 29.9. The van der Waals surface area contributed by atoms with Gasteiger partial charge in [-0.25, -0.2) is 0 Å². The van der Waals surface area contributed by atoms with Crippen molar-refractivity contribution in [1.82, 2.24) is 15.1 Å². The zero-order valence-corrected chi connectivity index (χ0v) is 16.3. The SMILES string of the molecule is COCCNC(=O)C1CCN(C2CCN(C(=O)c3cccs3)CC2)CC1. The molecule has 2 fully saturated rings. The van der Waals surface area contributed by atoms with Gasteiger partial charge in [0.05, 0.1) is 11.5 Å². The number of piperidine rings is 2. The van der Waals surface area contributed by atoms with Gasteiger partial charge in [-0.15, -0.1) is 11.3 Å². The molecule has 0 unspecified atom stereocenters. The molecule has 6 nitrogen and oxygen atoms in total. The van der Waals surface area contributed by atoms with Crippen LogP contribution in [0, 0.1) is 5.92 Å². The van der Waals surface area contributed by atoms with Gasteiger partial charge in [0.1, 0.15) is 0 Å². The first kappa shape index (κ1) is 19.3. The van der Waals surface area contributed by atoms with E-state index in [0.29, 0.717) is 19.2 Å². The van der Waals surface area contributed by atoms with Crippen molar-refractivity contribution < 1.29 is 14.3 Å². The van der Waals surface area contributed by atoms with Crippen molar-refractivity contribution >= 4 is 23.2 Å². The predicted molar refractivity (Wildman–Crippen MR) is 102 cm³/mol. The zero-order chi connectivity index (χ0) is 18.4. The fourth-order valence-electron chi connectivity index (χ4n) is 3.94. The van der Waals surface area contributed by atoms with Gasteiger partial charge in [0.25, 0.3) is 5.91 Å². The minimum Gasteiger partial charge on any atom is -0.383 e. The number of rotatable bonds is 6. The summed E-state index contributed by atoms with van der Waals surface area (Å²) < 4.78 is 4.97. The normalized spacial score (nSPS) is 20.3. The molecular weight excluding hydrogens is 350 g/mol. The van der Waals surface area contributed by atoms with Crippen molar-refractivity contribution in [3.8, 4) is 0 Å². The number of ether oxygens (including phenoxy) is 1. The Hall–Kier alpha value is -1.44. The maximum Gasteiger partial charge on any atom is 0.263 e. The average Bonchev–Trinajstić information content (AvgIpc) is 3.23. The first-order chi connectivity index (χ1) is 12.7. The lowest BCUT2D eigenvalue weighted by Crippen LogP contribution is -2.50. The Morgan fingerprint density at radius 3 is 2.54 bits per heavy atom. The number of hydrogen-bond donors (Lipinski definition) is 1. The Kier molecular flexibility index (Phi) is 7.05. The quantitative estimate of drug-likeness (QED) is 0.766. The van der Waals surface area contributed by atoms with E-state index in [1.807, 2.05) is 22.4 Å². The van der Waals surface area contributed by atoms with E-state index >= 15 is 0 Å². The molecule has 7 heteroatoms. The smallest absolute Gasteiger partial charge is 0.263 e. The first-order valence-electron chi connectivity index (χ1n) is 9.52. The standard InChI is InChI=1S/C19H29N3O3S/c1-25-13-8-20-18(23)15-4-9-21(10-5-15)16-6-11-22(12-7-16)19(24)17-3-2-14-26-17/h2-3,14-16H,4-13H2,1H3,(H,20,23). The third kappa shape index (κ3) is 4.84. The maximum absolute atomic E-state index is 12.4. The van der Waals surface area contributed by atoms with Crippen molar-refractivity contribution in [2.45, 2.75) is 31.7 Å². The van der Waals surface area contributed by atoms with E-state index in [4.69, 9.17) is 4.74 Å². The summed E-state index contributed by atoms with van der Waals surface area (Å²) in [6.45, 7) is 4.77. The number of hydrogen-bond acceptors (Lipinski definition) is 5. The number of amides is 2. The number of nitrogens with zero attached hydrogens (tertiary/aromatic N) is 2. The van der Waals surface area contributed by atoms with Crippen LogP contribution in [0.15, 0.2) is 17.5 Å². The predicted octanol–water partition coefficient (Wildman–Crippen LogP) is 1.83. The molecule has 1 aromatic rings. The molecule has 0 saturated carbocycles.